The number of rotatable bonds is 3. The number of aromatic carboxylic acids is 1. The fraction of sp³-hybridized carbons (Fsp3) is 0. The summed E-state index contributed by atoms with van der Waals surface area (Å²) in [5, 5.41) is 19.4. The van der Waals surface area contributed by atoms with E-state index in [-0.39, 0.29) is 0 Å². The molecule has 98 valence electrons. The van der Waals surface area contributed by atoms with Crippen molar-refractivity contribution in [2.45, 2.75) is 0 Å². The summed E-state index contributed by atoms with van der Waals surface area (Å²) in [6.45, 7) is 0. The lowest BCUT2D eigenvalue weighted by Crippen LogP contribution is -1.98. The molecule has 0 bridgehead atoms. The number of benzene rings is 1. The van der Waals surface area contributed by atoms with Crippen LogP contribution in [0.1, 0.15) is 10.5 Å². The molecule has 0 saturated carbocycles. The van der Waals surface area contributed by atoms with Gasteiger partial charge in [0.2, 0.25) is 5.89 Å². The van der Waals surface area contributed by atoms with Crippen molar-refractivity contribution < 1.29 is 28.0 Å². The normalized spacial score (nSPS) is 10.4. The average molecular weight is 270 g/mol. The van der Waals surface area contributed by atoms with E-state index >= 15 is 0 Å². The number of hydrogen-bond acceptors (Lipinski definition) is 5. The molecule has 0 spiro atoms. The van der Waals surface area contributed by atoms with Crippen molar-refractivity contribution in [3.8, 4) is 11.5 Å². The van der Waals surface area contributed by atoms with Gasteiger partial charge in [-0.1, -0.05) is 0 Å². The molecule has 0 radical (unpaired) electrons. The molecule has 0 unspecified atom stereocenters. The van der Waals surface area contributed by atoms with Crippen molar-refractivity contribution in [2.75, 3.05) is 0 Å². The highest BCUT2D eigenvalue weighted by Gasteiger charge is 2.24. The lowest BCUT2D eigenvalue weighted by Gasteiger charge is -1.99. The third-order valence-corrected chi connectivity index (χ3v) is 2.19. The molecule has 0 amide bonds. The molecule has 1 N–H and O–H groups in total. The van der Waals surface area contributed by atoms with Crippen molar-refractivity contribution in [1.29, 1.82) is 0 Å². The van der Waals surface area contributed by atoms with Gasteiger partial charge in [0.15, 0.2) is 17.3 Å². The van der Waals surface area contributed by atoms with Gasteiger partial charge in [0.05, 0.1) is 11.0 Å². The van der Waals surface area contributed by atoms with Gasteiger partial charge < -0.3 is 9.52 Å². The fourth-order valence-electron chi connectivity index (χ4n) is 1.35. The Balaban J connectivity index is 2.62. The van der Waals surface area contributed by atoms with E-state index in [1.54, 1.807) is 0 Å². The maximum absolute atomic E-state index is 13.1. The van der Waals surface area contributed by atoms with Crippen LogP contribution in [0.15, 0.2) is 22.8 Å². The maximum Gasteiger partial charge on any atom is 0.357 e. The first-order valence-electron chi connectivity index (χ1n) is 4.72. The van der Waals surface area contributed by atoms with Crippen molar-refractivity contribution in [3.63, 3.8) is 0 Å². The van der Waals surface area contributed by atoms with Gasteiger partial charge in [-0.3, -0.25) is 10.1 Å². The predicted octanol–water partition coefficient (Wildman–Crippen LogP) is 2.23. The van der Waals surface area contributed by atoms with Gasteiger partial charge in [-0.15, -0.1) is 0 Å². The molecule has 19 heavy (non-hydrogen) atoms. The number of carboxylic acid groups (broad SMARTS) is 1. The van der Waals surface area contributed by atoms with Crippen LogP contribution >= 0.6 is 0 Å². The van der Waals surface area contributed by atoms with Crippen molar-refractivity contribution in [3.05, 3.63) is 45.8 Å². The van der Waals surface area contributed by atoms with E-state index in [9.17, 15) is 23.7 Å². The predicted molar refractivity (Wildman–Crippen MR) is 55.5 cm³/mol. The number of halogens is 2. The summed E-state index contributed by atoms with van der Waals surface area (Å²) >= 11 is 0. The third-order valence-electron chi connectivity index (χ3n) is 2.19. The second-order valence-corrected chi connectivity index (χ2v) is 3.38. The van der Waals surface area contributed by atoms with Gasteiger partial charge in [0.25, 0.3) is 5.69 Å². The monoisotopic (exact) mass is 270 g/mol. The lowest BCUT2D eigenvalue weighted by atomic mass is 10.1. The van der Waals surface area contributed by atoms with Crippen molar-refractivity contribution >= 4 is 11.7 Å². The van der Waals surface area contributed by atoms with Crippen LogP contribution in [0.25, 0.3) is 11.5 Å². The topological polar surface area (TPSA) is 106 Å². The van der Waals surface area contributed by atoms with Gasteiger partial charge in [0.1, 0.15) is 11.8 Å². The first-order chi connectivity index (χ1) is 8.90. The molecule has 1 aromatic heterocycles. The Morgan fingerprint density at radius 2 is 2.00 bits per heavy atom. The molecule has 1 aromatic carbocycles. The number of carboxylic acids is 1. The second kappa shape index (κ2) is 4.44. The minimum atomic E-state index is -1.42. The highest BCUT2D eigenvalue weighted by atomic mass is 19.2. The van der Waals surface area contributed by atoms with Gasteiger partial charge in [0, 0.05) is 0 Å². The third kappa shape index (κ3) is 2.25. The van der Waals surface area contributed by atoms with Crippen LogP contribution in [0.2, 0.25) is 0 Å². The zero-order valence-corrected chi connectivity index (χ0v) is 8.96. The standard InChI is InChI=1S/C10H4F2N2O5/c11-5-1-4(8(14(17)18)2-6(5)12)9-13-7(3-19-9)10(15)16/h1-3H,(H,15,16). The van der Waals surface area contributed by atoms with Crippen molar-refractivity contribution in [2.24, 2.45) is 0 Å². The maximum atomic E-state index is 13.1. The molecule has 2 rings (SSSR count). The summed E-state index contributed by atoms with van der Waals surface area (Å²) in [4.78, 5) is 23.8. The fourth-order valence-corrected chi connectivity index (χ4v) is 1.35. The first-order valence-corrected chi connectivity index (χ1v) is 4.72. The Bertz CT molecular complexity index is 683. The van der Waals surface area contributed by atoms with Gasteiger partial charge >= 0.3 is 5.97 Å². The largest absolute Gasteiger partial charge is 0.476 e. The van der Waals surface area contributed by atoms with Gasteiger partial charge in [-0.2, -0.15) is 0 Å². The number of hydrogen-bond donors (Lipinski definition) is 1. The minimum Gasteiger partial charge on any atom is -0.476 e. The molecular weight excluding hydrogens is 266 g/mol. The molecule has 0 aliphatic rings. The smallest absolute Gasteiger partial charge is 0.357 e. The molecule has 0 atom stereocenters. The average Bonchev–Trinajstić information content (AvgIpc) is 2.81. The zero-order chi connectivity index (χ0) is 14.2. The highest BCUT2D eigenvalue weighted by molar-refractivity contribution is 5.85. The van der Waals surface area contributed by atoms with Crippen molar-refractivity contribution in [1.82, 2.24) is 4.98 Å². The molecule has 9 heteroatoms. The SMILES string of the molecule is O=C(O)c1coc(-c2cc(F)c(F)cc2[N+](=O)[O-])n1. The van der Waals surface area contributed by atoms with E-state index in [1.165, 1.54) is 0 Å². The summed E-state index contributed by atoms with van der Waals surface area (Å²) in [6, 6.07) is 0.889. The Morgan fingerprint density at radius 1 is 1.37 bits per heavy atom. The summed E-state index contributed by atoms with van der Waals surface area (Å²) in [6.07, 6.45) is 0.739. The number of oxazole rings is 1. The molecule has 0 saturated heterocycles. The Morgan fingerprint density at radius 3 is 2.53 bits per heavy atom. The first kappa shape index (κ1) is 12.6. The van der Waals surface area contributed by atoms with Crippen LogP contribution in [0.3, 0.4) is 0 Å². The van der Waals surface area contributed by atoms with E-state index in [0.717, 1.165) is 6.26 Å². The number of nitro groups is 1. The van der Waals surface area contributed by atoms with Crippen LogP contribution < -0.4 is 0 Å². The van der Waals surface area contributed by atoms with E-state index < -0.39 is 45.4 Å². The lowest BCUT2D eigenvalue weighted by molar-refractivity contribution is -0.384. The molecular formula is C10H4F2N2O5. The number of nitrogens with zero attached hydrogens (tertiary/aromatic N) is 2. The van der Waals surface area contributed by atoms with E-state index in [1.807, 2.05) is 0 Å². The molecule has 0 aliphatic carbocycles. The van der Waals surface area contributed by atoms with Crippen LogP contribution in [-0.4, -0.2) is 21.0 Å². The van der Waals surface area contributed by atoms with Crippen LogP contribution in [0.4, 0.5) is 14.5 Å². The highest BCUT2D eigenvalue weighted by Crippen LogP contribution is 2.31. The zero-order valence-electron chi connectivity index (χ0n) is 8.96. The summed E-state index contributed by atoms with van der Waals surface area (Å²) in [5.41, 5.74) is -1.73. The minimum absolute atomic E-state index is 0.370. The summed E-state index contributed by atoms with van der Waals surface area (Å²) in [7, 11) is 0. The van der Waals surface area contributed by atoms with Crippen LogP contribution in [0.5, 0.6) is 0 Å². The molecule has 7 nitrogen and oxygen atoms in total. The number of nitro benzene ring substituents is 1. The Labute approximate surface area is 103 Å². The quantitative estimate of drug-likeness (QED) is 0.676. The summed E-state index contributed by atoms with van der Waals surface area (Å²) in [5.74, 6) is -4.64. The molecule has 1 heterocycles. The Hall–Kier alpha value is -2.84. The summed E-state index contributed by atoms with van der Waals surface area (Å²) < 4.78 is 30.7. The van der Waals surface area contributed by atoms with Gasteiger partial charge in [-0.25, -0.2) is 18.6 Å². The van der Waals surface area contributed by atoms with Gasteiger partial charge in [-0.05, 0) is 6.07 Å². The number of aromatic nitrogens is 1. The molecule has 2 aromatic rings. The molecule has 0 fully saturated rings. The van der Waals surface area contributed by atoms with Crippen LogP contribution in [0, 0.1) is 21.7 Å². The van der Waals surface area contributed by atoms with E-state index in [0.29, 0.717) is 12.1 Å². The Kier molecular flexibility index (Phi) is 2.95. The second-order valence-electron chi connectivity index (χ2n) is 3.38. The number of carbonyl (C=O) groups is 1. The molecule has 0 aliphatic heterocycles. The van der Waals surface area contributed by atoms with E-state index in [2.05, 4.69) is 4.98 Å². The van der Waals surface area contributed by atoms with Crippen LogP contribution in [-0.2, 0) is 0 Å². The van der Waals surface area contributed by atoms with E-state index in [4.69, 9.17) is 9.52 Å².